The van der Waals surface area contributed by atoms with Gasteiger partial charge in [0.2, 0.25) is 0 Å². The van der Waals surface area contributed by atoms with Crippen LogP contribution in [0.5, 0.6) is 5.75 Å². The zero-order chi connectivity index (χ0) is 16.5. The number of H-pyrrole nitrogens is 1. The lowest BCUT2D eigenvalue weighted by Crippen LogP contribution is -2.02. The second-order valence-corrected chi connectivity index (χ2v) is 5.55. The zero-order valence-corrected chi connectivity index (χ0v) is 13.6. The maximum Gasteiger partial charge on any atom is 0.154 e. The predicted octanol–water partition coefficient (Wildman–Crippen LogP) is 3.08. The summed E-state index contributed by atoms with van der Waals surface area (Å²) >= 11 is 0. The Hall–Kier alpha value is -2.86. The highest BCUT2D eigenvalue weighted by Gasteiger charge is 2.16. The van der Waals surface area contributed by atoms with Crippen LogP contribution in [0.25, 0.3) is 27.9 Å². The van der Waals surface area contributed by atoms with Crippen molar-refractivity contribution in [1.82, 2.24) is 19.4 Å². The number of nitrogens with one attached hydrogen (secondary N) is 1. The molecule has 24 heavy (non-hydrogen) atoms. The summed E-state index contributed by atoms with van der Waals surface area (Å²) in [6, 6.07) is 9.93. The molecule has 0 fully saturated rings. The average Bonchev–Trinajstić information content (AvgIpc) is 3.26. The van der Waals surface area contributed by atoms with Gasteiger partial charge in [0, 0.05) is 25.3 Å². The Morgan fingerprint density at radius 1 is 1.12 bits per heavy atom. The van der Waals surface area contributed by atoms with Gasteiger partial charge in [0.15, 0.2) is 5.65 Å². The van der Waals surface area contributed by atoms with Crippen molar-refractivity contribution in [3.05, 3.63) is 48.5 Å². The number of benzene rings is 1. The normalized spacial score (nSPS) is 11.4. The highest BCUT2D eigenvalue weighted by atomic mass is 16.5. The standard InChI is InChI=1S/C18H18N4O2/c1-23-10-8-14-17-16(12-3-5-13(24-2)6-4-12)20-11-22(17)15-7-9-19-18(15)21-14/h3-7,9,11,19H,8,10H2,1-2H3. The second-order valence-electron chi connectivity index (χ2n) is 5.55. The summed E-state index contributed by atoms with van der Waals surface area (Å²) in [5.74, 6) is 0.827. The molecule has 0 aliphatic rings. The Bertz CT molecular complexity index is 986. The fraction of sp³-hybridized carbons (Fsp3) is 0.222. The van der Waals surface area contributed by atoms with Crippen LogP contribution in [0.1, 0.15) is 5.69 Å². The lowest BCUT2D eigenvalue weighted by atomic mass is 10.1. The van der Waals surface area contributed by atoms with Crippen LogP contribution in [-0.4, -0.2) is 40.2 Å². The Labute approximate surface area is 139 Å². The number of nitrogens with zero attached hydrogens (tertiary/aromatic N) is 3. The molecule has 1 aromatic carbocycles. The average molecular weight is 322 g/mol. The Balaban J connectivity index is 1.94. The van der Waals surface area contributed by atoms with Crippen LogP contribution in [-0.2, 0) is 11.2 Å². The number of hydrogen-bond donors (Lipinski definition) is 1. The lowest BCUT2D eigenvalue weighted by molar-refractivity contribution is 0.202. The van der Waals surface area contributed by atoms with E-state index in [1.165, 1.54) is 0 Å². The molecule has 0 aliphatic carbocycles. The van der Waals surface area contributed by atoms with Crippen LogP contribution < -0.4 is 4.74 Å². The second kappa shape index (κ2) is 5.98. The Morgan fingerprint density at radius 2 is 1.96 bits per heavy atom. The first-order chi connectivity index (χ1) is 11.8. The molecule has 0 saturated heterocycles. The van der Waals surface area contributed by atoms with Gasteiger partial charge in [-0.25, -0.2) is 9.97 Å². The molecule has 6 nitrogen and oxygen atoms in total. The number of ether oxygens (including phenoxy) is 2. The van der Waals surface area contributed by atoms with E-state index < -0.39 is 0 Å². The molecule has 0 spiro atoms. The monoisotopic (exact) mass is 322 g/mol. The molecule has 122 valence electrons. The molecule has 0 unspecified atom stereocenters. The Kier molecular flexibility index (Phi) is 3.66. The van der Waals surface area contributed by atoms with Gasteiger partial charge in [0.1, 0.15) is 12.1 Å². The number of aromatic amines is 1. The van der Waals surface area contributed by atoms with E-state index in [1.54, 1.807) is 14.2 Å². The van der Waals surface area contributed by atoms with Crippen LogP contribution >= 0.6 is 0 Å². The van der Waals surface area contributed by atoms with Crippen molar-refractivity contribution < 1.29 is 9.47 Å². The molecule has 0 aliphatic heterocycles. The molecule has 4 rings (SSSR count). The van der Waals surface area contributed by atoms with Crippen molar-refractivity contribution in [2.24, 2.45) is 0 Å². The van der Waals surface area contributed by atoms with E-state index in [2.05, 4.69) is 14.4 Å². The molecule has 3 heterocycles. The third kappa shape index (κ3) is 2.32. The molecule has 0 atom stereocenters. The molecular formula is C18H18N4O2. The predicted molar refractivity (Wildman–Crippen MR) is 92.4 cm³/mol. The van der Waals surface area contributed by atoms with Gasteiger partial charge in [-0.05, 0) is 30.3 Å². The third-order valence-electron chi connectivity index (χ3n) is 4.16. The lowest BCUT2D eigenvalue weighted by Gasteiger charge is -2.07. The van der Waals surface area contributed by atoms with Crippen molar-refractivity contribution in [1.29, 1.82) is 0 Å². The molecule has 0 amide bonds. The minimum atomic E-state index is 0.613. The highest BCUT2D eigenvalue weighted by Crippen LogP contribution is 2.29. The largest absolute Gasteiger partial charge is 0.497 e. The van der Waals surface area contributed by atoms with Gasteiger partial charge in [-0.3, -0.25) is 4.40 Å². The van der Waals surface area contributed by atoms with E-state index >= 15 is 0 Å². The minimum Gasteiger partial charge on any atom is -0.497 e. The van der Waals surface area contributed by atoms with E-state index in [4.69, 9.17) is 14.5 Å². The molecule has 0 radical (unpaired) electrons. The minimum absolute atomic E-state index is 0.613. The third-order valence-corrected chi connectivity index (χ3v) is 4.16. The number of rotatable bonds is 5. The van der Waals surface area contributed by atoms with E-state index in [1.807, 2.05) is 42.9 Å². The first-order valence-corrected chi connectivity index (χ1v) is 7.78. The molecule has 0 saturated carbocycles. The fourth-order valence-electron chi connectivity index (χ4n) is 2.96. The van der Waals surface area contributed by atoms with E-state index in [9.17, 15) is 0 Å². The van der Waals surface area contributed by atoms with Gasteiger partial charge in [0.05, 0.1) is 36.1 Å². The van der Waals surface area contributed by atoms with Crippen molar-refractivity contribution in [3.63, 3.8) is 0 Å². The maximum absolute atomic E-state index is 5.24. The SMILES string of the molecule is COCCc1nc2[nH]ccc2n2cnc(-c3ccc(OC)cc3)c12. The topological polar surface area (TPSA) is 64.4 Å². The van der Waals surface area contributed by atoms with Crippen LogP contribution in [0.3, 0.4) is 0 Å². The van der Waals surface area contributed by atoms with Gasteiger partial charge in [-0.1, -0.05) is 0 Å². The van der Waals surface area contributed by atoms with Crippen LogP contribution in [0.4, 0.5) is 0 Å². The summed E-state index contributed by atoms with van der Waals surface area (Å²) in [6.45, 7) is 0.613. The summed E-state index contributed by atoms with van der Waals surface area (Å²) in [5, 5.41) is 0. The summed E-state index contributed by atoms with van der Waals surface area (Å²) < 4.78 is 12.6. The van der Waals surface area contributed by atoms with Crippen LogP contribution in [0, 0.1) is 0 Å². The maximum atomic E-state index is 5.24. The molecule has 0 bridgehead atoms. The molecule has 3 aromatic heterocycles. The zero-order valence-electron chi connectivity index (χ0n) is 13.6. The van der Waals surface area contributed by atoms with Gasteiger partial charge in [0.25, 0.3) is 0 Å². The molecular weight excluding hydrogens is 304 g/mol. The van der Waals surface area contributed by atoms with E-state index in [0.717, 1.165) is 45.8 Å². The van der Waals surface area contributed by atoms with Gasteiger partial charge in [-0.15, -0.1) is 0 Å². The highest BCUT2D eigenvalue weighted by molar-refractivity contribution is 5.85. The number of fused-ring (bicyclic) bond motifs is 3. The Morgan fingerprint density at radius 3 is 2.71 bits per heavy atom. The molecule has 6 heteroatoms. The number of aromatic nitrogens is 4. The number of methoxy groups -OCH3 is 2. The molecule has 1 N–H and O–H groups in total. The van der Waals surface area contributed by atoms with Crippen LogP contribution in [0.15, 0.2) is 42.9 Å². The summed E-state index contributed by atoms with van der Waals surface area (Å²) in [7, 11) is 3.36. The number of imidazole rings is 1. The quantitative estimate of drug-likeness (QED) is 0.613. The van der Waals surface area contributed by atoms with E-state index in [-0.39, 0.29) is 0 Å². The van der Waals surface area contributed by atoms with Crippen molar-refractivity contribution >= 4 is 16.7 Å². The first kappa shape index (κ1) is 14.7. The first-order valence-electron chi connectivity index (χ1n) is 7.78. The van der Waals surface area contributed by atoms with Gasteiger partial charge < -0.3 is 14.5 Å². The van der Waals surface area contributed by atoms with Gasteiger partial charge >= 0.3 is 0 Å². The van der Waals surface area contributed by atoms with Gasteiger partial charge in [-0.2, -0.15) is 0 Å². The van der Waals surface area contributed by atoms with E-state index in [0.29, 0.717) is 6.61 Å². The smallest absolute Gasteiger partial charge is 0.154 e. The summed E-state index contributed by atoms with van der Waals surface area (Å²) in [5.41, 5.74) is 5.80. The van der Waals surface area contributed by atoms with Crippen molar-refractivity contribution in [3.8, 4) is 17.0 Å². The summed E-state index contributed by atoms with van der Waals surface area (Å²) in [4.78, 5) is 12.6. The van der Waals surface area contributed by atoms with Crippen molar-refractivity contribution in [2.75, 3.05) is 20.8 Å². The summed E-state index contributed by atoms with van der Waals surface area (Å²) in [6.07, 6.45) is 4.47. The molecule has 4 aromatic rings. The number of hydrogen-bond acceptors (Lipinski definition) is 4. The van der Waals surface area contributed by atoms with Crippen LogP contribution in [0.2, 0.25) is 0 Å². The fourth-order valence-corrected chi connectivity index (χ4v) is 2.96. The van der Waals surface area contributed by atoms with Crippen molar-refractivity contribution in [2.45, 2.75) is 6.42 Å².